The van der Waals surface area contributed by atoms with Crippen LogP contribution in [0.2, 0.25) is 0 Å². The van der Waals surface area contributed by atoms with Gasteiger partial charge in [0.2, 0.25) is 0 Å². The average Bonchev–Trinajstić information content (AvgIpc) is 2.62. The van der Waals surface area contributed by atoms with Gasteiger partial charge >= 0.3 is 5.97 Å². The molecule has 1 atom stereocenters. The van der Waals surface area contributed by atoms with Crippen molar-refractivity contribution in [2.75, 3.05) is 19.6 Å². The molecule has 16 heavy (non-hydrogen) atoms. The predicted molar refractivity (Wildman–Crippen MR) is 65.5 cm³/mol. The first-order valence-corrected chi connectivity index (χ1v) is 6.15. The van der Waals surface area contributed by atoms with Crippen molar-refractivity contribution in [1.82, 2.24) is 4.90 Å². The van der Waals surface area contributed by atoms with Crippen LogP contribution in [0.1, 0.15) is 39.0 Å². The van der Waals surface area contributed by atoms with E-state index in [-0.39, 0.29) is 0 Å². The largest absolute Gasteiger partial charge is 0.481 e. The second-order valence-electron chi connectivity index (χ2n) is 5.03. The zero-order valence-electron chi connectivity index (χ0n) is 10.2. The topological polar surface area (TPSA) is 40.5 Å². The van der Waals surface area contributed by atoms with Gasteiger partial charge in [-0.3, -0.25) is 4.79 Å². The molecule has 1 rings (SSSR count). The van der Waals surface area contributed by atoms with Crippen molar-refractivity contribution in [2.45, 2.75) is 39.0 Å². The van der Waals surface area contributed by atoms with Gasteiger partial charge in [0.25, 0.3) is 0 Å². The summed E-state index contributed by atoms with van der Waals surface area (Å²) in [5.74, 6) is -0.651. The zero-order valence-corrected chi connectivity index (χ0v) is 10.2. The Labute approximate surface area is 98.1 Å². The molecule has 0 aromatic carbocycles. The molecule has 0 aromatic heterocycles. The Kier molecular flexibility index (Phi) is 5.00. The van der Waals surface area contributed by atoms with Gasteiger partial charge in [0, 0.05) is 6.54 Å². The summed E-state index contributed by atoms with van der Waals surface area (Å²) in [6, 6.07) is 0. The average molecular weight is 225 g/mol. The smallest absolute Gasteiger partial charge is 0.310 e. The molecule has 1 aliphatic heterocycles. The molecule has 0 aliphatic carbocycles. The van der Waals surface area contributed by atoms with Gasteiger partial charge in [-0.25, -0.2) is 0 Å². The minimum absolute atomic E-state index is 0.513. The Bertz CT molecular complexity index is 252. The summed E-state index contributed by atoms with van der Waals surface area (Å²) in [6.07, 6.45) is 7.42. The van der Waals surface area contributed by atoms with Crippen molar-refractivity contribution in [3.8, 4) is 0 Å². The zero-order chi connectivity index (χ0) is 12.0. The summed E-state index contributed by atoms with van der Waals surface area (Å²) in [7, 11) is 0. The van der Waals surface area contributed by atoms with E-state index >= 15 is 0 Å². The number of carbonyl (C=O) groups is 1. The van der Waals surface area contributed by atoms with E-state index in [1.807, 2.05) is 13.0 Å². The molecule has 1 saturated heterocycles. The first kappa shape index (κ1) is 13.2. The summed E-state index contributed by atoms with van der Waals surface area (Å²) in [5, 5.41) is 9.09. The Hall–Kier alpha value is -0.830. The summed E-state index contributed by atoms with van der Waals surface area (Å²) in [4.78, 5) is 13.3. The lowest BCUT2D eigenvalue weighted by Gasteiger charge is -2.19. The monoisotopic (exact) mass is 225 g/mol. The second kappa shape index (κ2) is 6.04. The van der Waals surface area contributed by atoms with Gasteiger partial charge in [-0.1, -0.05) is 12.5 Å². The highest BCUT2D eigenvalue weighted by Crippen LogP contribution is 2.30. The Morgan fingerprint density at radius 1 is 1.50 bits per heavy atom. The molecule has 0 spiro atoms. The molecule has 0 amide bonds. The Balaban J connectivity index is 2.17. The maximum absolute atomic E-state index is 11.0. The number of hydrogen-bond donors (Lipinski definition) is 1. The standard InChI is InChI=1S/C13H23NO2/c1-3-4-5-6-7-9-14-10-8-13(2,11-14)12(15)16/h3H,1,4-11H2,2H3,(H,15,16). The van der Waals surface area contributed by atoms with Crippen LogP contribution in [0.3, 0.4) is 0 Å². The van der Waals surface area contributed by atoms with Gasteiger partial charge in [0.1, 0.15) is 0 Å². The van der Waals surface area contributed by atoms with E-state index in [9.17, 15) is 4.79 Å². The number of carboxylic acid groups (broad SMARTS) is 1. The molecule has 0 aromatic rings. The van der Waals surface area contributed by atoms with Crippen LogP contribution >= 0.6 is 0 Å². The lowest BCUT2D eigenvalue weighted by molar-refractivity contribution is -0.147. The summed E-state index contributed by atoms with van der Waals surface area (Å²) < 4.78 is 0. The van der Waals surface area contributed by atoms with E-state index in [1.165, 1.54) is 19.3 Å². The highest BCUT2D eigenvalue weighted by Gasteiger charge is 2.39. The Morgan fingerprint density at radius 3 is 2.81 bits per heavy atom. The highest BCUT2D eigenvalue weighted by atomic mass is 16.4. The number of likely N-dealkylation sites (tertiary alicyclic amines) is 1. The first-order chi connectivity index (χ1) is 7.58. The van der Waals surface area contributed by atoms with Gasteiger partial charge in [0.15, 0.2) is 0 Å². The summed E-state index contributed by atoms with van der Waals surface area (Å²) in [5.41, 5.74) is -0.513. The molecule has 1 N–H and O–H groups in total. The number of unbranched alkanes of at least 4 members (excludes halogenated alkanes) is 3. The number of rotatable bonds is 7. The molecule has 92 valence electrons. The maximum Gasteiger partial charge on any atom is 0.310 e. The third kappa shape index (κ3) is 3.63. The van der Waals surface area contributed by atoms with Crippen LogP contribution in [-0.4, -0.2) is 35.6 Å². The number of nitrogens with zero attached hydrogens (tertiary/aromatic N) is 1. The van der Waals surface area contributed by atoms with Crippen LogP contribution in [0.15, 0.2) is 12.7 Å². The molecular weight excluding hydrogens is 202 g/mol. The molecule has 1 heterocycles. The lowest BCUT2D eigenvalue weighted by atomic mass is 9.90. The van der Waals surface area contributed by atoms with Crippen molar-refractivity contribution < 1.29 is 9.90 Å². The van der Waals surface area contributed by atoms with Gasteiger partial charge in [0.05, 0.1) is 5.41 Å². The molecule has 0 bridgehead atoms. The van der Waals surface area contributed by atoms with E-state index in [2.05, 4.69) is 11.5 Å². The van der Waals surface area contributed by atoms with Crippen molar-refractivity contribution in [3.63, 3.8) is 0 Å². The van der Waals surface area contributed by atoms with Crippen LogP contribution in [-0.2, 0) is 4.79 Å². The van der Waals surface area contributed by atoms with Crippen LogP contribution in [0.5, 0.6) is 0 Å². The first-order valence-electron chi connectivity index (χ1n) is 6.15. The van der Waals surface area contributed by atoms with Gasteiger partial charge in [-0.15, -0.1) is 6.58 Å². The van der Waals surface area contributed by atoms with Crippen molar-refractivity contribution in [3.05, 3.63) is 12.7 Å². The van der Waals surface area contributed by atoms with E-state index in [0.29, 0.717) is 6.54 Å². The minimum Gasteiger partial charge on any atom is -0.481 e. The number of allylic oxidation sites excluding steroid dienone is 1. The molecule has 1 aliphatic rings. The summed E-state index contributed by atoms with van der Waals surface area (Å²) in [6.45, 7) is 8.24. The van der Waals surface area contributed by atoms with Crippen LogP contribution < -0.4 is 0 Å². The fraction of sp³-hybridized carbons (Fsp3) is 0.769. The third-order valence-corrected chi connectivity index (χ3v) is 3.45. The molecule has 3 heteroatoms. The van der Waals surface area contributed by atoms with E-state index in [4.69, 9.17) is 5.11 Å². The molecule has 1 fully saturated rings. The number of hydrogen-bond acceptors (Lipinski definition) is 2. The van der Waals surface area contributed by atoms with Gasteiger partial charge in [-0.2, -0.15) is 0 Å². The van der Waals surface area contributed by atoms with Crippen LogP contribution in [0, 0.1) is 5.41 Å². The van der Waals surface area contributed by atoms with E-state index < -0.39 is 11.4 Å². The van der Waals surface area contributed by atoms with E-state index in [1.54, 1.807) is 0 Å². The molecule has 0 saturated carbocycles. The molecular formula is C13H23NO2. The van der Waals surface area contributed by atoms with Gasteiger partial charge < -0.3 is 10.0 Å². The minimum atomic E-state index is -0.651. The predicted octanol–water partition coefficient (Wildman–Crippen LogP) is 2.53. The second-order valence-corrected chi connectivity index (χ2v) is 5.03. The lowest BCUT2D eigenvalue weighted by Crippen LogP contribution is -2.32. The van der Waals surface area contributed by atoms with Crippen LogP contribution in [0.25, 0.3) is 0 Å². The fourth-order valence-electron chi connectivity index (χ4n) is 2.22. The number of aliphatic carboxylic acids is 1. The Morgan fingerprint density at radius 2 is 2.25 bits per heavy atom. The third-order valence-electron chi connectivity index (χ3n) is 3.45. The summed E-state index contributed by atoms with van der Waals surface area (Å²) >= 11 is 0. The SMILES string of the molecule is C=CCCCCCN1CCC(C)(C(=O)O)C1. The van der Waals surface area contributed by atoms with Crippen molar-refractivity contribution >= 4 is 5.97 Å². The maximum atomic E-state index is 11.0. The fourth-order valence-corrected chi connectivity index (χ4v) is 2.22. The quantitative estimate of drug-likeness (QED) is 0.534. The molecule has 3 nitrogen and oxygen atoms in total. The molecule has 1 unspecified atom stereocenters. The van der Waals surface area contributed by atoms with E-state index in [0.717, 1.165) is 25.9 Å². The van der Waals surface area contributed by atoms with Gasteiger partial charge in [-0.05, 0) is 45.7 Å². The number of carboxylic acids is 1. The van der Waals surface area contributed by atoms with Crippen molar-refractivity contribution in [1.29, 1.82) is 0 Å². The highest BCUT2D eigenvalue weighted by molar-refractivity contribution is 5.74. The normalized spacial score (nSPS) is 25.8. The van der Waals surface area contributed by atoms with Crippen LogP contribution in [0.4, 0.5) is 0 Å². The molecule has 0 radical (unpaired) electrons. The van der Waals surface area contributed by atoms with Crippen molar-refractivity contribution in [2.24, 2.45) is 5.41 Å².